The summed E-state index contributed by atoms with van der Waals surface area (Å²) in [6.07, 6.45) is 2.68. The van der Waals surface area contributed by atoms with Crippen molar-refractivity contribution in [1.82, 2.24) is 19.8 Å². The number of amides is 1. The minimum atomic E-state index is -4.54. The van der Waals surface area contributed by atoms with Gasteiger partial charge in [0, 0.05) is 61.9 Å². The van der Waals surface area contributed by atoms with Crippen LogP contribution in [-0.2, 0) is 12.7 Å². The Kier molecular flexibility index (Phi) is 8.65. The van der Waals surface area contributed by atoms with E-state index in [0.717, 1.165) is 66.5 Å². The number of rotatable bonds is 8. The van der Waals surface area contributed by atoms with Gasteiger partial charge in [-0.05, 0) is 66.6 Å². The maximum absolute atomic E-state index is 14.0. The molecule has 2 aromatic carbocycles. The Balaban J connectivity index is 1.33. The molecule has 2 N–H and O–H groups in total. The summed E-state index contributed by atoms with van der Waals surface area (Å²) in [6.45, 7) is 8.27. The molecule has 0 radical (unpaired) electrons. The van der Waals surface area contributed by atoms with Crippen molar-refractivity contribution >= 4 is 34.8 Å². The lowest BCUT2D eigenvalue weighted by atomic mass is 10.0. The number of alkyl halides is 3. The Morgan fingerprint density at radius 3 is 2.50 bits per heavy atom. The summed E-state index contributed by atoms with van der Waals surface area (Å²) in [4.78, 5) is 24.9. The first-order valence-electron chi connectivity index (χ1n) is 13.9. The van der Waals surface area contributed by atoms with Crippen molar-refractivity contribution in [1.29, 1.82) is 0 Å². The zero-order chi connectivity index (χ0) is 29.9. The normalized spacial score (nSPS) is 15.0. The molecule has 7 nitrogen and oxygen atoms in total. The molecule has 5 rings (SSSR count). The van der Waals surface area contributed by atoms with Crippen LogP contribution in [0, 0.1) is 6.92 Å². The Morgan fingerprint density at radius 2 is 1.79 bits per heavy atom. The number of anilines is 1. The van der Waals surface area contributed by atoms with Crippen LogP contribution in [0.2, 0.25) is 0 Å². The molecule has 10 heteroatoms. The van der Waals surface area contributed by atoms with Gasteiger partial charge in [-0.3, -0.25) is 9.69 Å². The second kappa shape index (κ2) is 12.4. The Labute approximate surface area is 243 Å². The van der Waals surface area contributed by atoms with Crippen LogP contribution in [0.5, 0.6) is 5.75 Å². The first-order chi connectivity index (χ1) is 20.2. The fourth-order valence-electron chi connectivity index (χ4n) is 5.25. The van der Waals surface area contributed by atoms with Crippen LogP contribution in [0.3, 0.4) is 0 Å². The van der Waals surface area contributed by atoms with Gasteiger partial charge in [-0.2, -0.15) is 13.2 Å². The number of halogens is 3. The van der Waals surface area contributed by atoms with Crippen LogP contribution in [0.15, 0.2) is 54.9 Å². The number of ether oxygens (including phenoxy) is 1. The molecule has 0 bridgehead atoms. The summed E-state index contributed by atoms with van der Waals surface area (Å²) in [5.41, 5.74) is 3.11. The maximum atomic E-state index is 14.0. The lowest BCUT2D eigenvalue weighted by Gasteiger charge is -2.34. The maximum Gasteiger partial charge on any atom is 0.416 e. The van der Waals surface area contributed by atoms with Crippen LogP contribution in [-0.4, -0.2) is 65.5 Å². The number of carbonyl (C=O) groups is 1. The van der Waals surface area contributed by atoms with Gasteiger partial charge in [-0.15, -0.1) is 0 Å². The highest BCUT2D eigenvalue weighted by atomic mass is 19.4. The highest BCUT2D eigenvalue weighted by molar-refractivity contribution is 6.05. The third-order valence-corrected chi connectivity index (χ3v) is 7.73. The SMILES string of the molecule is CCN1CCN(Cc2ccc(NC(=O)c3ccc(C)c(/C=C/c4cnc5[nH]ccc5c4OC)c3)cc2C(F)(F)F)CC1. The molecule has 0 atom stereocenters. The van der Waals surface area contributed by atoms with Crippen LogP contribution in [0.1, 0.15) is 45.1 Å². The number of hydrogen-bond acceptors (Lipinski definition) is 5. The van der Waals surface area contributed by atoms with Crippen LogP contribution < -0.4 is 10.1 Å². The van der Waals surface area contributed by atoms with Gasteiger partial charge in [0.1, 0.15) is 11.4 Å². The molecule has 220 valence electrons. The summed E-state index contributed by atoms with van der Waals surface area (Å²) in [5.74, 6) is 0.186. The molecule has 1 aliphatic rings. The molecule has 1 fully saturated rings. The number of methoxy groups -OCH3 is 1. The van der Waals surface area contributed by atoms with E-state index in [0.29, 0.717) is 11.3 Å². The monoisotopic (exact) mass is 577 g/mol. The van der Waals surface area contributed by atoms with Gasteiger partial charge in [-0.25, -0.2) is 4.98 Å². The van der Waals surface area contributed by atoms with E-state index in [9.17, 15) is 18.0 Å². The Hall–Kier alpha value is -4.15. The van der Waals surface area contributed by atoms with E-state index in [2.05, 4.69) is 27.1 Å². The Morgan fingerprint density at radius 1 is 1.05 bits per heavy atom. The third kappa shape index (κ3) is 6.50. The molecule has 1 aliphatic heterocycles. The van der Waals surface area contributed by atoms with Gasteiger partial charge in [0.15, 0.2) is 0 Å². The number of hydrogen-bond donors (Lipinski definition) is 2. The van der Waals surface area contributed by atoms with Gasteiger partial charge in [0.05, 0.1) is 18.1 Å². The number of H-pyrrole nitrogens is 1. The number of aryl methyl sites for hydroxylation is 1. The van der Waals surface area contributed by atoms with E-state index in [1.165, 1.54) is 12.1 Å². The number of nitrogens with zero attached hydrogens (tertiary/aromatic N) is 3. The summed E-state index contributed by atoms with van der Waals surface area (Å²) in [7, 11) is 1.60. The second-order valence-electron chi connectivity index (χ2n) is 10.4. The number of benzene rings is 2. The van der Waals surface area contributed by atoms with E-state index in [-0.39, 0.29) is 17.8 Å². The molecule has 3 heterocycles. The largest absolute Gasteiger partial charge is 0.495 e. The summed E-state index contributed by atoms with van der Waals surface area (Å²) in [6, 6.07) is 11.1. The molecular formula is C32H34F3N5O2. The fraction of sp³-hybridized carbons (Fsp3) is 0.312. The van der Waals surface area contributed by atoms with Crippen LogP contribution in [0.25, 0.3) is 23.2 Å². The van der Waals surface area contributed by atoms with Crippen molar-refractivity contribution in [2.45, 2.75) is 26.6 Å². The average Bonchev–Trinajstić information content (AvgIpc) is 3.46. The highest BCUT2D eigenvalue weighted by Gasteiger charge is 2.34. The molecule has 4 aromatic rings. The first-order valence-corrected chi connectivity index (χ1v) is 13.9. The molecule has 42 heavy (non-hydrogen) atoms. The van der Waals surface area contributed by atoms with Gasteiger partial charge in [0.2, 0.25) is 0 Å². The molecular weight excluding hydrogens is 543 g/mol. The smallest absolute Gasteiger partial charge is 0.416 e. The van der Waals surface area contributed by atoms with E-state index >= 15 is 0 Å². The number of aromatic amines is 1. The lowest BCUT2D eigenvalue weighted by Crippen LogP contribution is -2.45. The summed E-state index contributed by atoms with van der Waals surface area (Å²) >= 11 is 0. The van der Waals surface area contributed by atoms with Gasteiger partial charge in [0.25, 0.3) is 5.91 Å². The van der Waals surface area contributed by atoms with Crippen LogP contribution in [0.4, 0.5) is 18.9 Å². The number of pyridine rings is 1. The number of nitrogens with one attached hydrogen (secondary N) is 2. The van der Waals surface area contributed by atoms with E-state index in [1.54, 1.807) is 31.6 Å². The lowest BCUT2D eigenvalue weighted by molar-refractivity contribution is -0.138. The molecule has 0 aliphatic carbocycles. The molecule has 0 saturated carbocycles. The number of likely N-dealkylation sites (N-methyl/N-ethyl adjacent to an activating group) is 1. The molecule has 0 spiro atoms. The minimum Gasteiger partial charge on any atom is -0.495 e. The first kappa shape index (κ1) is 29.3. The second-order valence-corrected chi connectivity index (χ2v) is 10.4. The number of piperazine rings is 1. The molecule has 1 amide bonds. The summed E-state index contributed by atoms with van der Waals surface area (Å²) in [5, 5.41) is 3.51. The Bertz CT molecular complexity index is 1600. The number of fused-ring (bicyclic) bond motifs is 1. The van der Waals surface area contributed by atoms with Crippen molar-refractivity contribution in [3.05, 3.63) is 88.2 Å². The van der Waals surface area contributed by atoms with E-state index < -0.39 is 17.6 Å². The van der Waals surface area contributed by atoms with Crippen molar-refractivity contribution in [3.63, 3.8) is 0 Å². The highest BCUT2D eigenvalue weighted by Crippen LogP contribution is 2.35. The third-order valence-electron chi connectivity index (χ3n) is 7.73. The minimum absolute atomic E-state index is 0.0974. The van der Waals surface area contributed by atoms with Gasteiger partial charge in [-0.1, -0.05) is 25.1 Å². The molecule has 1 saturated heterocycles. The average molecular weight is 578 g/mol. The predicted octanol–water partition coefficient (Wildman–Crippen LogP) is 6.46. The summed E-state index contributed by atoms with van der Waals surface area (Å²) < 4.78 is 47.7. The number of aromatic nitrogens is 2. The molecule has 2 aromatic heterocycles. The quantitative estimate of drug-likeness (QED) is 0.252. The van der Waals surface area contributed by atoms with Crippen molar-refractivity contribution in [2.75, 3.05) is 45.2 Å². The van der Waals surface area contributed by atoms with E-state index in [1.807, 2.05) is 36.1 Å². The van der Waals surface area contributed by atoms with Gasteiger partial charge >= 0.3 is 6.18 Å². The number of carbonyl (C=O) groups excluding carboxylic acids is 1. The van der Waals surface area contributed by atoms with E-state index in [4.69, 9.17) is 4.74 Å². The predicted molar refractivity (Wildman–Crippen MR) is 160 cm³/mol. The van der Waals surface area contributed by atoms with Crippen molar-refractivity contribution < 1.29 is 22.7 Å². The van der Waals surface area contributed by atoms with Crippen molar-refractivity contribution in [2.24, 2.45) is 0 Å². The standard InChI is InChI=1S/C32H34F3N5O2/c1-4-39-13-15-40(16-14-39)20-25-9-10-26(18-28(25)32(33,34)35)38-31(41)23-6-5-21(2)22(17-23)7-8-24-19-37-30-27(11-12-36-30)29(24)42-3/h5-12,17-19H,4,13-16,20H2,1-3H3,(H,36,37)(H,38,41)/b8-7+. The van der Waals surface area contributed by atoms with Crippen LogP contribution >= 0.6 is 0 Å². The zero-order valence-electron chi connectivity index (χ0n) is 23.9. The zero-order valence-corrected chi connectivity index (χ0v) is 23.9. The van der Waals surface area contributed by atoms with Crippen molar-refractivity contribution in [3.8, 4) is 5.75 Å². The topological polar surface area (TPSA) is 73.5 Å². The fourth-order valence-corrected chi connectivity index (χ4v) is 5.25. The molecule has 0 unspecified atom stereocenters. The van der Waals surface area contributed by atoms with Gasteiger partial charge < -0.3 is 19.9 Å².